The number of phenols is 1. The van der Waals surface area contributed by atoms with Crippen molar-refractivity contribution in [1.29, 1.82) is 0 Å². The predicted molar refractivity (Wildman–Crippen MR) is 107 cm³/mol. The standard InChI is InChI=1S/C24H16O4/c25-18-14-12-17(13-15-18)23(26)28-24(27)22-10-4-3-9-21(22)20-11-5-7-16-6-1-2-8-19(16)20/h1-15,25H. The molecular weight excluding hydrogens is 352 g/mol. The summed E-state index contributed by atoms with van der Waals surface area (Å²) in [6.45, 7) is 0. The first kappa shape index (κ1) is 17.5. The molecule has 0 bridgehead atoms. The third-order valence-electron chi connectivity index (χ3n) is 4.52. The summed E-state index contributed by atoms with van der Waals surface area (Å²) in [6.07, 6.45) is 0. The molecule has 0 saturated heterocycles. The molecular formula is C24H16O4. The first-order valence-electron chi connectivity index (χ1n) is 8.76. The van der Waals surface area contributed by atoms with Crippen molar-refractivity contribution in [3.8, 4) is 16.9 Å². The lowest BCUT2D eigenvalue weighted by Crippen LogP contribution is -2.13. The number of esters is 2. The molecule has 4 aromatic rings. The minimum absolute atomic E-state index is 0.0316. The SMILES string of the molecule is O=C(OC(=O)c1ccccc1-c1cccc2ccccc12)c1ccc(O)cc1. The Morgan fingerprint density at radius 3 is 2.11 bits per heavy atom. The summed E-state index contributed by atoms with van der Waals surface area (Å²) >= 11 is 0. The average Bonchev–Trinajstić information content (AvgIpc) is 2.73. The number of fused-ring (bicyclic) bond motifs is 1. The molecule has 0 amide bonds. The van der Waals surface area contributed by atoms with E-state index in [0.29, 0.717) is 11.1 Å². The molecule has 136 valence electrons. The lowest BCUT2D eigenvalue weighted by Gasteiger charge is -2.11. The van der Waals surface area contributed by atoms with Crippen LogP contribution in [0.15, 0.2) is 91.0 Å². The van der Waals surface area contributed by atoms with E-state index in [-0.39, 0.29) is 11.3 Å². The monoisotopic (exact) mass is 368 g/mol. The van der Waals surface area contributed by atoms with Crippen molar-refractivity contribution in [3.63, 3.8) is 0 Å². The summed E-state index contributed by atoms with van der Waals surface area (Å²) in [7, 11) is 0. The number of hydrogen-bond donors (Lipinski definition) is 1. The fourth-order valence-electron chi connectivity index (χ4n) is 3.15. The molecule has 28 heavy (non-hydrogen) atoms. The summed E-state index contributed by atoms with van der Waals surface area (Å²) in [6, 6.07) is 26.4. The number of ether oxygens (including phenoxy) is 1. The van der Waals surface area contributed by atoms with Gasteiger partial charge in [-0.15, -0.1) is 0 Å². The average molecular weight is 368 g/mol. The van der Waals surface area contributed by atoms with Crippen LogP contribution in [0.5, 0.6) is 5.75 Å². The quantitative estimate of drug-likeness (QED) is 0.398. The molecule has 4 rings (SSSR count). The lowest BCUT2D eigenvalue weighted by atomic mass is 9.95. The first-order valence-corrected chi connectivity index (χ1v) is 8.76. The van der Waals surface area contributed by atoms with Gasteiger partial charge in [-0.3, -0.25) is 0 Å². The highest BCUT2D eigenvalue weighted by Gasteiger charge is 2.19. The maximum atomic E-state index is 12.7. The molecule has 0 aliphatic carbocycles. The van der Waals surface area contributed by atoms with Gasteiger partial charge in [-0.2, -0.15) is 0 Å². The molecule has 1 N–H and O–H groups in total. The Morgan fingerprint density at radius 2 is 1.29 bits per heavy atom. The smallest absolute Gasteiger partial charge is 0.346 e. The second-order valence-electron chi connectivity index (χ2n) is 6.30. The summed E-state index contributed by atoms with van der Waals surface area (Å²) < 4.78 is 5.08. The molecule has 4 nitrogen and oxygen atoms in total. The predicted octanol–water partition coefficient (Wildman–Crippen LogP) is 5.21. The zero-order valence-electron chi connectivity index (χ0n) is 14.8. The largest absolute Gasteiger partial charge is 0.508 e. The number of carbonyl (C=O) groups is 2. The Balaban J connectivity index is 1.70. The molecule has 4 aromatic carbocycles. The highest BCUT2D eigenvalue weighted by atomic mass is 16.6. The maximum Gasteiger partial charge on any atom is 0.346 e. The van der Waals surface area contributed by atoms with Crippen LogP contribution in [0.2, 0.25) is 0 Å². The van der Waals surface area contributed by atoms with Crippen molar-refractivity contribution in [1.82, 2.24) is 0 Å². The zero-order valence-corrected chi connectivity index (χ0v) is 14.8. The Hall–Kier alpha value is -3.92. The number of benzene rings is 4. The molecule has 0 saturated carbocycles. The normalized spacial score (nSPS) is 10.6. The van der Waals surface area contributed by atoms with Gasteiger partial charge in [0.25, 0.3) is 0 Å². The molecule has 0 aliphatic heterocycles. The minimum Gasteiger partial charge on any atom is -0.508 e. The van der Waals surface area contributed by atoms with E-state index in [2.05, 4.69) is 0 Å². The number of aromatic hydroxyl groups is 1. The Morgan fingerprint density at radius 1 is 0.643 bits per heavy atom. The van der Waals surface area contributed by atoms with Crippen LogP contribution in [0.25, 0.3) is 21.9 Å². The third kappa shape index (κ3) is 3.35. The van der Waals surface area contributed by atoms with Crippen molar-refractivity contribution in [2.24, 2.45) is 0 Å². The van der Waals surface area contributed by atoms with E-state index in [1.807, 2.05) is 54.6 Å². The van der Waals surface area contributed by atoms with Crippen LogP contribution in [0.3, 0.4) is 0 Å². The molecule has 0 aromatic heterocycles. The number of rotatable bonds is 3. The molecule has 0 radical (unpaired) electrons. The Kier molecular flexibility index (Phi) is 4.60. The van der Waals surface area contributed by atoms with Crippen molar-refractivity contribution in [2.75, 3.05) is 0 Å². The van der Waals surface area contributed by atoms with E-state index >= 15 is 0 Å². The van der Waals surface area contributed by atoms with Crippen molar-refractivity contribution < 1.29 is 19.4 Å². The van der Waals surface area contributed by atoms with Gasteiger partial charge in [0.15, 0.2) is 0 Å². The van der Waals surface area contributed by atoms with Crippen LogP contribution in [-0.2, 0) is 4.74 Å². The Labute approximate surface area is 161 Å². The van der Waals surface area contributed by atoms with Gasteiger partial charge in [-0.25, -0.2) is 9.59 Å². The summed E-state index contributed by atoms with van der Waals surface area (Å²) in [5, 5.41) is 11.4. The van der Waals surface area contributed by atoms with Gasteiger partial charge < -0.3 is 9.84 Å². The molecule has 0 unspecified atom stereocenters. The van der Waals surface area contributed by atoms with Gasteiger partial charge in [-0.1, -0.05) is 60.7 Å². The number of carbonyl (C=O) groups excluding carboxylic acids is 2. The van der Waals surface area contributed by atoms with E-state index in [0.717, 1.165) is 16.3 Å². The summed E-state index contributed by atoms with van der Waals surface area (Å²) in [5.41, 5.74) is 2.09. The fraction of sp³-hybridized carbons (Fsp3) is 0. The fourth-order valence-corrected chi connectivity index (χ4v) is 3.15. The van der Waals surface area contributed by atoms with Crippen molar-refractivity contribution >= 4 is 22.7 Å². The molecule has 4 heteroatoms. The van der Waals surface area contributed by atoms with Crippen LogP contribution in [0.4, 0.5) is 0 Å². The van der Waals surface area contributed by atoms with Crippen LogP contribution >= 0.6 is 0 Å². The zero-order chi connectivity index (χ0) is 19.5. The summed E-state index contributed by atoms with van der Waals surface area (Å²) in [5.74, 6) is -1.46. The lowest BCUT2D eigenvalue weighted by molar-refractivity contribution is 0.0398. The molecule has 0 spiro atoms. The molecule has 0 heterocycles. The van der Waals surface area contributed by atoms with Gasteiger partial charge in [-0.05, 0) is 52.2 Å². The van der Waals surface area contributed by atoms with Gasteiger partial charge >= 0.3 is 11.9 Å². The van der Waals surface area contributed by atoms with Crippen LogP contribution in [0.1, 0.15) is 20.7 Å². The topological polar surface area (TPSA) is 63.6 Å². The highest BCUT2D eigenvalue weighted by molar-refractivity contribution is 6.08. The second kappa shape index (κ2) is 7.37. The van der Waals surface area contributed by atoms with Gasteiger partial charge in [0.05, 0.1) is 11.1 Å². The molecule has 0 fully saturated rings. The molecule has 0 atom stereocenters. The van der Waals surface area contributed by atoms with E-state index in [1.54, 1.807) is 12.1 Å². The van der Waals surface area contributed by atoms with E-state index < -0.39 is 11.9 Å². The van der Waals surface area contributed by atoms with E-state index in [9.17, 15) is 14.7 Å². The second-order valence-corrected chi connectivity index (χ2v) is 6.30. The van der Waals surface area contributed by atoms with Gasteiger partial charge in [0, 0.05) is 0 Å². The minimum atomic E-state index is -0.766. The Bertz CT molecular complexity index is 1170. The van der Waals surface area contributed by atoms with Gasteiger partial charge in [0.2, 0.25) is 0 Å². The van der Waals surface area contributed by atoms with Crippen molar-refractivity contribution in [3.05, 3.63) is 102 Å². The van der Waals surface area contributed by atoms with Crippen LogP contribution in [0, 0.1) is 0 Å². The molecule has 0 aliphatic rings. The van der Waals surface area contributed by atoms with Crippen molar-refractivity contribution in [2.45, 2.75) is 0 Å². The van der Waals surface area contributed by atoms with Crippen LogP contribution < -0.4 is 0 Å². The highest BCUT2D eigenvalue weighted by Crippen LogP contribution is 2.31. The number of phenolic OH excluding ortho intramolecular Hbond substituents is 1. The van der Waals surface area contributed by atoms with Crippen LogP contribution in [-0.4, -0.2) is 17.0 Å². The number of hydrogen-bond acceptors (Lipinski definition) is 4. The van der Waals surface area contributed by atoms with E-state index in [4.69, 9.17) is 4.74 Å². The third-order valence-corrected chi connectivity index (χ3v) is 4.52. The van der Waals surface area contributed by atoms with E-state index in [1.165, 1.54) is 24.3 Å². The van der Waals surface area contributed by atoms with Gasteiger partial charge in [0.1, 0.15) is 5.75 Å². The summed E-state index contributed by atoms with van der Waals surface area (Å²) in [4.78, 5) is 25.0. The first-order chi connectivity index (χ1) is 13.6. The maximum absolute atomic E-state index is 12.7.